The number of aliphatic hydroxyl groups is 1. The number of hydrogen-bond acceptors (Lipinski definition) is 4. The molecule has 0 saturated heterocycles. The van der Waals surface area contributed by atoms with Gasteiger partial charge in [-0.3, -0.25) is 4.79 Å². The quantitative estimate of drug-likeness (QED) is 0.415. The van der Waals surface area contributed by atoms with E-state index in [1.807, 2.05) is 0 Å². The van der Waals surface area contributed by atoms with Crippen molar-refractivity contribution in [2.75, 3.05) is 0 Å². The molecular formula is C23H20F6N2O2. The highest BCUT2D eigenvalue weighted by Crippen LogP contribution is 2.50. The number of carbonyl (C=O) groups is 1. The van der Waals surface area contributed by atoms with E-state index in [0.717, 1.165) is 5.56 Å². The van der Waals surface area contributed by atoms with Crippen molar-refractivity contribution in [3.8, 4) is 11.1 Å². The number of hydrogen-bond donors (Lipinski definition) is 1. The molecule has 2 aromatic rings. The summed E-state index contributed by atoms with van der Waals surface area (Å²) < 4.78 is 81.2. The van der Waals surface area contributed by atoms with Gasteiger partial charge in [-0.1, -0.05) is 36.8 Å². The third-order valence-corrected chi connectivity index (χ3v) is 5.51. The Hall–Kier alpha value is -3.01. The SMILES string of the molecule is Cc1ccc(-c2cc(C(=O)C[C@@H](C)C3=NN=CC3)cc(C(O)(C(F)(F)F)C(F)(F)F)c2)cc1. The lowest BCUT2D eigenvalue weighted by Gasteiger charge is -2.33. The van der Waals surface area contributed by atoms with Crippen molar-refractivity contribution in [2.45, 2.75) is 44.6 Å². The molecule has 0 spiro atoms. The van der Waals surface area contributed by atoms with E-state index in [1.165, 1.54) is 24.4 Å². The molecule has 1 aliphatic rings. The van der Waals surface area contributed by atoms with Crippen molar-refractivity contribution in [3.05, 3.63) is 59.2 Å². The molecule has 0 aromatic heterocycles. The normalized spacial score (nSPS) is 15.5. The van der Waals surface area contributed by atoms with E-state index < -0.39 is 35.2 Å². The van der Waals surface area contributed by atoms with Crippen LogP contribution in [-0.2, 0) is 5.60 Å². The molecule has 4 nitrogen and oxygen atoms in total. The lowest BCUT2D eigenvalue weighted by Crippen LogP contribution is -2.54. The molecule has 0 bridgehead atoms. The largest absolute Gasteiger partial charge is 0.430 e. The van der Waals surface area contributed by atoms with Gasteiger partial charge in [0.25, 0.3) is 5.60 Å². The molecule has 0 fully saturated rings. The van der Waals surface area contributed by atoms with Crippen LogP contribution in [0.5, 0.6) is 0 Å². The number of rotatable bonds is 6. The zero-order chi connectivity index (χ0) is 24.6. The smallest absolute Gasteiger partial charge is 0.369 e. The Balaban J connectivity index is 2.14. The summed E-state index contributed by atoms with van der Waals surface area (Å²) in [5.41, 5.74) is -5.35. The number of alkyl halides is 6. The molecule has 1 N–H and O–H groups in total. The van der Waals surface area contributed by atoms with Gasteiger partial charge in [-0.05, 0) is 36.2 Å². The summed E-state index contributed by atoms with van der Waals surface area (Å²) in [6, 6.07) is 8.57. The predicted octanol–water partition coefficient (Wildman–Crippen LogP) is 6.01. The number of Topliss-reactive ketones (excluding diaryl/α,β-unsaturated/α-hetero) is 1. The number of benzene rings is 2. The van der Waals surface area contributed by atoms with Crippen LogP contribution in [0.3, 0.4) is 0 Å². The maximum atomic E-state index is 13.5. The van der Waals surface area contributed by atoms with E-state index in [9.17, 15) is 36.2 Å². The Bertz CT molecular complexity index is 1090. The van der Waals surface area contributed by atoms with Crippen molar-refractivity contribution < 1.29 is 36.2 Å². The van der Waals surface area contributed by atoms with Crippen LogP contribution in [0.25, 0.3) is 11.1 Å². The maximum absolute atomic E-state index is 13.5. The van der Waals surface area contributed by atoms with Gasteiger partial charge in [0.2, 0.25) is 0 Å². The first-order valence-electron chi connectivity index (χ1n) is 9.94. The molecule has 3 rings (SSSR count). The average molecular weight is 470 g/mol. The van der Waals surface area contributed by atoms with E-state index >= 15 is 0 Å². The van der Waals surface area contributed by atoms with Gasteiger partial charge in [-0.2, -0.15) is 36.5 Å². The molecular weight excluding hydrogens is 450 g/mol. The second kappa shape index (κ2) is 8.74. The van der Waals surface area contributed by atoms with Crippen molar-refractivity contribution in [1.29, 1.82) is 0 Å². The third kappa shape index (κ3) is 4.85. The highest BCUT2D eigenvalue weighted by atomic mass is 19.4. The van der Waals surface area contributed by atoms with E-state index in [2.05, 4.69) is 10.2 Å². The average Bonchev–Trinajstić information content (AvgIpc) is 3.26. The highest BCUT2D eigenvalue weighted by Gasteiger charge is 2.71. The van der Waals surface area contributed by atoms with Gasteiger partial charge in [0.15, 0.2) is 5.78 Å². The van der Waals surface area contributed by atoms with Gasteiger partial charge in [0.1, 0.15) is 0 Å². The van der Waals surface area contributed by atoms with Crippen LogP contribution in [0, 0.1) is 12.8 Å². The minimum atomic E-state index is -6.07. The van der Waals surface area contributed by atoms with Crippen LogP contribution in [0.15, 0.2) is 52.7 Å². The molecule has 0 radical (unpaired) electrons. The number of aryl methyl sites for hydroxylation is 1. The summed E-state index contributed by atoms with van der Waals surface area (Å²) in [5.74, 6) is -1.10. The summed E-state index contributed by atoms with van der Waals surface area (Å²) >= 11 is 0. The second-order valence-electron chi connectivity index (χ2n) is 7.99. The summed E-state index contributed by atoms with van der Waals surface area (Å²) in [6.45, 7) is 3.43. The Morgan fingerprint density at radius 2 is 1.61 bits per heavy atom. The summed E-state index contributed by atoms with van der Waals surface area (Å²) in [4.78, 5) is 12.9. The van der Waals surface area contributed by atoms with Crippen molar-refractivity contribution in [3.63, 3.8) is 0 Å². The molecule has 1 heterocycles. The Labute approximate surface area is 185 Å². The summed E-state index contributed by atoms with van der Waals surface area (Å²) in [7, 11) is 0. The standard InChI is InChI=1S/C23H20F6N2O2/c1-13-3-5-15(6-4-13)16-10-17(20(32)9-14(2)19-7-8-30-31-19)12-18(11-16)21(33,22(24,25)26)23(27,28)29/h3-6,8,10-12,14,33H,7,9H2,1-2H3/t14-/m1/s1. The number of halogens is 6. The molecule has 1 atom stereocenters. The molecule has 0 unspecified atom stereocenters. The van der Waals surface area contributed by atoms with E-state index in [4.69, 9.17) is 0 Å². The molecule has 1 aliphatic heterocycles. The first-order valence-corrected chi connectivity index (χ1v) is 9.94. The van der Waals surface area contributed by atoms with Crippen LogP contribution in [0.4, 0.5) is 26.3 Å². The molecule has 0 amide bonds. The molecule has 33 heavy (non-hydrogen) atoms. The lowest BCUT2D eigenvalue weighted by molar-refractivity contribution is -0.376. The fourth-order valence-corrected chi connectivity index (χ4v) is 3.50. The lowest BCUT2D eigenvalue weighted by atomic mass is 9.86. The van der Waals surface area contributed by atoms with Gasteiger partial charge in [-0.25, -0.2) is 0 Å². The number of ketones is 1. The first-order chi connectivity index (χ1) is 15.2. The van der Waals surface area contributed by atoms with Crippen molar-refractivity contribution >= 4 is 17.7 Å². The van der Waals surface area contributed by atoms with Gasteiger partial charge in [0.05, 0.1) is 0 Å². The van der Waals surface area contributed by atoms with Crippen LogP contribution >= 0.6 is 0 Å². The Morgan fingerprint density at radius 1 is 1.00 bits per heavy atom. The molecule has 2 aromatic carbocycles. The number of carbonyl (C=O) groups excluding carboxylic acids is 1. The highest BCUT2D eigenvalue weighted by molar-refractivity contribution is 6.04. The number of nitrogens with zero attached hydrogens (tertiary/aromatic N) is 2. The van der Waals surface area contributed by atoms with Gasteiger partial charge < -0.3 is 5.11 Å². The summed E-state index contributed by atoms with van der Waals surface area (Å²) in [6.07, 6.45) is -10.4. The third-order valence-electron chi connectivity index (χ3n) is 5.51. The van der Waals surface area contributed by atoms with Crippen LogP contribution in [0.1, 0.15) is 41.3 Å². The van der Waals surface area contributed by atoms with Gasteiger partial charge >= 0.3 is 12.4 Å². The van der Waals surface area contributed by atoms with Crippen LogP contribution in [-0.4, -0.2) is 35.2 Å². The fourth-order valence-electron chi connectivity index (χ4n) is 3.50. The topological polar surface area (TPSA) is 62.0 Å². The monoisotopic (exact) mass is 470 g/mol. The Morgan fingerprint density at radius 3 is 2.12 bits per heavy atom. The van der Waals surface area contributed by atoms with Crippen LogP contribution < -0.4 is 0 Å². The molecule has 0 saturated carbocycles. The molecule has 176 valence electrons. The van der Waals surface area contributed by atoms with Crippen molar-refractivity contribution in [2.24, 2.45) is 16.1 Å². The van der Waals surface area contributed by atoms with Gasteiger partial charge in [0, 0.05) is 41.8 Å². The first kappa shape index (κ1) is 24.6. The van der Waals surface area contributed by atoms with Gasteiger partial charge in [-0.15, -0.1) is 0 Å². The van der Waals surface area contributed by atoms with E-state index in [-0.39, 0.29) is 17.5 Å². The zero-order valence-corrected chi connectivity index (χ0v) is 17.6. The van der Waals surface area contributed by atoms with Crippen molar-refractivity contribution in [1.82, 2.24) is 0 Å². The summed E-state index contributed by atoms with van der Waals surface area (Å²) in [5, 5.41) is 17.5. The van der Waals surface area contributed by atoms with Crippen LogP contribution in [0.2, 0.25) is 0 Å². The predicted molar refractivity (Wildman–Crippen MR) is 111 cm³/mol. The minimum Gasteiger partial charge on any atom is -0.369 e. The molecule has 10 heteroatoms. The second-order valence-corrected chi connectivity index (χ2v) is 7.99. The Kier molecular flexibility index (Phi) is 6.52. The minimum absolute atomic E-state index is 0.0584. The molecule has 0 aliphatic carbocycles. The fraction of sp³-hybridized carbons (Fsp3) is 0.348. The maximum Gasteiger partial charge on any atom is 0.430 e. The van der Waals surface area contributed by atoms with E-state index in [1.54, 1.807) is 26.0 Å². The zero-order valence-electron chi connectivity index (χ0n) is 17.6. The van der Waals surface area contributed by atoms with E-state index in [0.29, 0.717) is 29.8 Å².